The van der Waals surface area contributed by atoms with Gasteiger partial charge in [-0.25, -0.2) is 4.79 Å². The monoisotopic (exact) mass is 296 g/mol. The minimum absolute atomic E-state index is 0.288. The summed E-state index contributed by atoms with van der Waals surface area (Å²) in [6.07, 6.45) is -0.288. The van der Waals surface area contributed by atoms with Crippen LogP contribution < -0.4 is 10.6 Å². The molecule has 0 fully saturated rings. The summed E-state index contributed by atoms with van der Waals surface area (Å²) in [6, 6.07) is 2.41. The maximum absolute atomic E-state index is 11.7. The lowest BCUT2D eigenvalue weighted by Crippen LogP contribution is -2.42. The van der Waals surface area contributed by atoms with Crippen LogP contribution in [0.2, 0.25) is 0 Å². The summed E-state index contributed by atoms with van der Waals surface area (Å²) in [7, 11) is 0. The van der Waals surface area contributed by atoms with Gasteiger partial charge in [-0.3, -0.25) is 14.9 Å². The number of urea groups is 1. The smallest absolute Gasteiger partial charge is 0.322 e. The fourth-order valence-electron chi connectivity index (χ4n) is 1.64. The molecule has 0 aliphatic carbocycles. The van der Waals surface area contributed by atoms with E-state index in [1.165, 1.54) is 13.8 Å². The van der Waals surface area contributed by atoms with E-state index < -0.39 is 29.4 Å². The molecule has 0 saturated heterocycles. The van der Waals surface area contributed by atoms with E-state index in [1.54, 1.807) is 26.0 Å². The Bertz CT molecular complexity index is 547. The molecule has 1 unspecified atom stereocenters. The first kappa shape index (κ1) is 16.7. The molecule has 0 saturated carbocycles. The van der Waals surface area contributed by atoms with Crippen LogP contribution in [0.25, 0.3) is 0 Å². The SMILES string of the molecule is Cc1ccc(C(C)NC(=O)NC(=O)CC(C)(C)C(=O)O)o1. The lowest BCUT2D eigenvalue weighted by Gasteiger charge is -2.18. The Labute approximate surface area is 122 Å². The predicted octanol–water partition coefficient (Wildman–Crippen LogP) is 1.98. The van der Waals surface area contributed by atoms with Crippen molar-refractivity contribution in [2.45, 2.75) is 40.2 Å². The summed E-state index contributed by atoms with van der Waals surface area (Å²) in [6.45, 7) is 6.33. The van der Waals surface area contributed by atoms with Gasteiger partial charge in [0, 0.05) is 6.42 Å². The van der Waals surface area contributed by atoms with Gasteiger partial charge < -0.3 is 14.8 Å². The van der Waals surface area contributed by atoms with E-state index in [0.717, 1.165) is 5.76 Å². The summed E-state index contributed by atoms with van der Waals surface area (Å²) < 4.78 is 5.36. The molecular formula is C14H20N2O5. The highest BCUT2D eigenvalue weighted by atomic mass is 16.4. The summed E-state index contributed by atoms with van der Waals surface area (Å²) in [5, 5.41) is 13.6. The van der Waals surface area contributed by atoms with Gasteiger partial charge in [-0.05, 0) is 39.8 Å². The van der Waals surface area contributed by atoms with Gasteiger partial charge >= 0.3 is 12.0 Å². The minimum atomic E-state index is -1.23. The number of imide groups is 1. The number of furan rings is 1. The van der Waals surface area contributed by atoms with Crippen LogP contribution in [0.1, 0.15) is 44.8 Å². The molecule has 3 amide bonds. The maximum atomic E-state index is 11.7. The number of aliphatic carboxylic acids is 1. The molecule has 1 aromatic heterocycles. The fourth-order valence-corrected chi connectivity index (χ4v) is 1.64. The van der Waals surface area contributed by atoms with Crippen LogP contribution in [0, 0.1) is 12.3 Å². The van der Waals surface area contributed by atoms with E-state index in [1.807, 2.05) is 0 Å². The highest BCUT2D eigenvalue weighted by Gasteiger charge is 2.30. The quantitative estimate of drug-likeness (QED) is 0.769. The van der Waals surface area contributed by atoms with Gasteiger partial charge in [0.25, 0.3) is 0 Å². The molecule has 0 spiro atoms. The molecular weight excluding hydrogens is 276 g/mol. The molecule has 1 rings (SSSR count). The number of aryl methyl sites for hydroxylation is 1. The summed E-state index contributed by atoms with van der Waals surface area (Å²) >= 11 is 0. The van der Waals surface area contributed by atoms with Gasteiger partial charge in [0.05, 0.1) is 11.5 Å². The molecule has 0 aliphatic rings. The van der Waals surface area contributed by atoms with Crippen molar-refractivity contribution in [2.24, 2.45) is 5.41 Å². The molecule has 1 atom stereocenters. The molecule has 0 bridgehead atoms. The van der Waals surface area contributed by atoms with Crippen LogP contribution in [0.5, 0.6) is 0 Å². The molecule has 7 nitrogen and oxygen atoms in total. The van der Waals surface area contributed by atoms with Gasteiger partial charge in [-0.2, -0.15) is 0 Å². The average Bonchev–Trinajstić information content (AvgIpc) is 2.74. The second-order valence-corrected chi connectivity index (χ2v) is 5.56. The van der Waals surface area contributed by atoms with Crippen molar-refractivity contribution in [3.05, 3.63) is 23.7 Å². The molecule has 1 aromatic rings. The Kier molecular flexibility index (Phi) is 5.12. The number of nitrogens with one attached hydrogen (secondary N) is 2. The number of amides is 3. The molecule has 1 heterocycles. The Morgan fingerprint density at radius 1 is 1.33 bits per heavy atom. The average molecular weight is 296 g/mol. The van der Waals surface area contributed by atoms with Gasteiger partial charge in [0.2, 0.25) is 5.91 Å². The molecule has 21 heavy (non-hydrogen) atoms. The summed E-state index contributed by atoms with van der Waals surface area (Å²) in [5.74, 6) is -0.459. The van der Waals surface area contributed by atoms with Gasteiger partial charge in [-0.15, -0.1) is 0 Å². The van der Waals surface area contributed by atoms with Crippen LogP contribution in [-0.4, -0.2) is 23.0 Å². The van der Waals surface area contributed by atoms with E-state index in [-0.39, 0.29) is 6.42 Å². The number of carbonyl (C=O) groups is 3. The number of rotatable bonds is 5. The number of carboxylic acid groups (broad SMARTS) is 1. The fraction of sp³-hybridized carbons (Fsp3) is 0.500. The Morgan fingerprint density at radius 2 is 1.95 bits per heavy atom. The molecule has 0 radical (unpaired) electrons. The molecule has 116 valence electrons. The zero-order chi connectivity index (χ0) is 16.2. The van der Waals surface area contributed by atoms with E-state index in [9.17, 15) is 14.4 Å². The van der Waals surface area contributed by atoms with E-state index in [2.05, 4.69) is 10.6 Å². The highest BCUT2D eigenvalue weighted by molar-refractivity contribution is 5.96. The van der Waals surface area contributed by atoms with Crippen LogP contribution in [-0.2, 0) is 9.59 Å². The van der Waals surface area contributed by atoms with Crippen molar-refractivity contribution < 1.29 is 23.9 Å². The van der Waals surface area contributed by atoms with E-state index in [4.69, 9.17) is 9.52 Å². The van der Waals surface area contributed by atoms with Crippen LogP contribution >= 0.6 is 0 Å². The van der Waals surface area contributed by atoms with Crippen molar-refractivity contribution in [3.8, 4) is 0 Å². The van der Waals surface area contributed by atoms with Crippen molar-refractivity contribution in [2.75, 3.05) is 0 Å². The molecule has 3 N–H and O–H groups in total. The summed E-state index contributed by atoms with van der Waals surface area (Å²) in [4.78, 5) is 34.2. The highest BCUT2D eigenvalue weighted by Crippen LogP contribution is 2.20. The third kappa shape index (κ3) is 4.94. The second kappa shape index (κ2) is 6.43. The van der Waals surface area contributed by atoms with Crippen molar-refractivity contribution >= 4 is 17.9 Å². The van der Waals surface area contributed by atoms with E-state index in [0.29, 0.717) is 5.76 Å². The second-order valence-electron chi connectivity index (χ2n) is 5.56. The largest absolute Gasteiger partial charge is 0.481 e. The first-order valence-corrected chi connectivity index (χ1v) is 6.52. The van der Waals surface area contributed by atoms with Gasteiger partial charge in [-0.1, -0.05) is 0 Å². The molecule has 7 heteroatoms. The normalized spacial score (nSPS) is 12.6. The summed E-state index contributed by atoms with van der Waals surface area (Å²) in [5.41, 5.74) is -1.23. The van der Waals surface area contributed by atoms with Gasteiger partial charge in [0.1, 0.15) is 11.5 Å². The van der Waals surface area contributed by atoms with Gasteiger partial charge in [0.15, 0.2) is 0 Å². The first-order valence-electron chi connectivity index (χ1n) is 6.52. The number of carboxylic acids is 1. The minimum Gasteiger partial charge on any atom is -0.481 e. The zero-order valence-corrected chi connectivity index (χ0v) is 12.5. The topological polar surface area (TPSA) is 109 Å². The van der Waals surface area contributed by atoms with Crippen LogP contribution in [0.15, 0.2) is 16.5 Å². The lowest BCUT2D eigenvalue weighted by atomic mass is 9.89. The Morgan fingerprint density at radius 3 is 2.43 bits per heavy atom. The number of carbonyl (C=O) groups excluding carboxylic acids is 2. The third-order valence-electron chi connectivity index (χ3n) is 2.97. The molecule has 0 aromatic carbocycles. The zero-order valence-electron chi connectivity index (χ0n) is 12.5. The van der Waals surface area contributed by atoms with Crippen LogP contribution in [0.3, 0.4) is 0 Å². The van der Waals surface area contributed by atoms with Crippen LogP contribution in [0.4, 0.5) is 4.79 Å². The maximum Gasteiger partial charge on any atom is 0.322 e. The van der Waals surface area contributed by atoms with Crippen molar-refractivity contribution in [3.63, 3.8) is 0 Å². The third-order valence-corrected chi connectivity index (χ3v) is 2.97. The van der Waals surface area contributed by atoms with Crippen molar-refractivity contribution in [1.82, 2.24) is 10.6 Å². The van der Waals surface area contributed by atoms with Crippen molar-refractivity contribution in [1.29, 1.82) is 0 Å². The van der Waals surface area contributed by atoms with E-state index >= 15 is 0 Å². The first-order chi connectivity index (χ1) is 9.61. The molecule has 0 aliphatic heterocycles. The number of hydrogen-bond acceptors (Lipinski definition) is 4. The lowest BCUT2D eigenvalue weighted by molar-refractivity contribution is -0.149. The number of hydrogen-bond donors (Lipinski definition) is 3. The Balaban J connectivity index is 2.50. The standard InChI is InChI=1S/C14H20N2O5/c1-8-5-6-10(21-8)9(2)15-13(20)16-11(17)7-14(3,4)12(18)19/h5-6,9H,7H2,1-4H3,(H,18,19)(H2,15,16,17,20). The Hall–Kier alpha value is -2.31. The predicted molar refractivity (Wildman–Crippen MR) is 74.6 cm³/mol.